The van der Waals surface area contributed by atoms with Crippen LogP contribution in [0, 0.1) is 11.6 Å². The van der Waals surface area contributed by atoms with Gasteiger partial charge in [0.05, 0.1) is 5.69 Å². The average molecular weight is 292 g/mol. The molecule has 0 saturated heterocycles. The number of halogens is 3. The highest BCUT2D eigenvalue weighted by atomic mass is 35.5. The Bertz CT molecular complexity index is 756. The monoisotopic (exact) mass is 291 g/mol. The third-order valence-corrected chi connectivity index (χ3v) is 3.05. The van der Waals surface area contributed by atoms with E-state index >= 15 is 0 Å². The van der Waals surface area contributed by atoms with Crippen LogP contribution in [0.4, 0.5) is 8.78 Å². The van der Waals surface area contributed by atoms with Crippen molar-refractivity contribution in [1.82, 2.24) is 14.8 Å². The molecule has 2 aromatic carbocycles. The van der Waals surface area contributed by atoms with E-state index in [4.69, 9.17) is 11.6 Å². The van der Waals surface area contributed by atoms with Crippen LogP contribution in [0.15, 0.2) is 48.5 Å². The van der Waals surface area contributed by atoms with Crippen LogP contribution in [0.3, 0.4) is 0 Å². The highest BCUT2D eigenvalue weighted by Gasteiger charge is 2.17. The highest BCUT2D eigenvalue weighted by molar-refractivity contribution is 6.28. The Morgan fingerprint density at radius 3 is 2.40 bits per heavy atom. The predicted octanol–water partition coefficient (Wildman–Crippen LogP) is 3.87. The van der Waals surface area contributed by atoms with Gasteiger partial charge in [-0.3, -0.25) is 4.57 Å². The van der Waals surface area contributed by atoms with Gasteiger partial charge in [0.15, 0.2) is 5.82 Å². The van der Waals surface area contributed by atoms with E-state index in [1.165, 1.54) is 10.6 Å². The van der Waals surface area contributed by atoms with Gasteiger partial charge in [0.25, 0.3) is 0 Å². The molecule has 20 heavy (non-hydrogen) atoms. The van der Waals surface area contributed by atoms with Crippen molar-refractivity contribution < 1.29 is 8.78 Å². The van der Waals surface area contributed by atoms with Gasteiger partial charge in [-0.25, -0.2) is 8.78 Å². The number of nitrogens with zero attached hydrogens (tertiary/aromatic N) is 3. The fourth-order valence-electron chi connectivity index (χ4n) is 1.92. The molecule has 3 aromatic rings. The van der Waals surface area contributed by atoms with Crippen molar-refractivity contribution in [1.29, 1.82) is 0 Å². The molecule has 0 saturated carbocycles. The van der Waals surface area contributed by atoms with E-state index in [9.17, 15) is 8.78 Å². The van der Waals surface area contributed by atoms with E-state index < -0.39 is 11.6 Å². The first-order chi connectivity index (χ1) is 9.66. The van der Waals surface area contributed by atoms with E-state index in [1.807, 2.05) is 18.2 Å². The molecule has 3 nitrogen and oxygen atoms in total. The second-order valence-electron chi connectivity index (χ2n) is 4.09. The van der Waals surface area contributed by atoms with Crippen LogP contribution < -0.4 is 0 Å². The number of benzene rings is 2. The highest BCUT2D eigenvalue weighted by Crippen LogP contribution is 2.26. The standard InChI is InChI=1S/C14H8ClF2N3/c15-14-19-18-13(9-4-2-1-3-5-9)20(14)12-7-6-10(16)8-11(12)17/h1-8H. The van der Waals surface area contributed by atoms with Crippen molar-refractivity contribution in [2.45, 2.75) is 0 Å². The largest absolute Gasteiger partial charge is 0.263 e. The predicted molar refractivity (Wildman–Crippen MR) is 71.7 cm³/mol. The molecule has 0 aliphatic carbocycles. The zero-order valence-electron chi connectivity index (χ0n) is 10.1. The number of hydrogen-bond acceptors (Lipinski definition) is 2. The maximum absolute atomic E-state index is 13.9. The zero-order valence-corrected chi connectivity index (χ0v) is 10.9. The quantitative estimate of drug-likeness (QED) is 0.717. The minimum absolute atomic E-state index is 0.00867. The number of aromatic nitrogens is 3. The molecule has 100 valence electrons. The molecule has 6 heteroatoms. The first-order valence-corrected chi connectivity index (χ1v) is 6.16. The van der Waals surface area contributed by atoms with Gasteiger partial charge in [-0.1, -0.05) is 30.3 Å². The molecular formula is C14H8ClF2N3. The summed E-state index contributed by atoms with van der Waals surface area (Å²) in [5, 5.41) is 7.71. The van der Waals surface area contributed by atoms with Gasteiger partial charge >= 0.3 is 0 Å². The summed E-state index contributed by atoms with van der Waals surface area (Å²) in [4.78, 5) is 0. The van der Waals surface area contributed by atoms with Gasteiger partial charge < -0.3 is 0 Å². The van der Waals surface area contributed by atoms with Gasteiger partial charge in [0, 0.05) is 11.6 Å². The van der Waals surface area contributed by atoms with Crippen LogP contribution >= 0.6 is 11.6 Å². The lowest BCUT2D eigenvalue weighted by Crippen LogP contribution is -2.01. The zero-order chi connectivity index (χ0) is 14.1. The van der Waals surface area contributed by atoms with Crippen LogP contribution in [0.25, 0.3) is 17.1 Å². The molecule has 0 amide bonds. The van der Waals surface area contributed by atoms with Crippen molar-refractivity contribution in [3.63, 3.8) is 0 Å². The van der Waals surface area contributed by atoms with Crippen molar-refractivity contribution in [3.8, 4) is 17.1 Å². The molecule has 0 fully saturated rings. The molecule has 0 N–H and O–H groups in total. The second kappa shape index (κ2) is 5.02. The minimum Gasteiger partial charge on any atom is -0.263 e. The lowest BCUT2D eigenvalue weighted by molar-refractivity contribution is 0.578. The Morgan fingerprint density at radius 1 is 0.950 bits per heavy atom. The summed E-state index contributed by atoms with van der Waals surface area (Å²) in [5.41, 5.74) is 0.830. The Balaban J connectivity index is 2.22. The van der Waals surface area contributed by atoms with Crippen LogP contribution in [-0.4, -0.2) is 14.8 Å². The van der Waals surface area contributed by atoms with Crippen LogP contribution in [0.1, 0.15) is 0 Å². The molecule has 0 spiro atoms. The Hall–Kier alpha value is -2.27. The van der Waals surface area contributed by atoms with Gasteiger partial charge in [0.2, 0.25) is 5.28 Å². The summed E-state index contributed by atoms with van der Waals surface area (Å²) in [6.45, 7) is 0. The Labute approximate surface area is 118 Å². The first kappa shape index (κ1) is 12.7. The summed E-state index contributed by atoms with van der Waals surface area (Å²) < 4.78 is 28.3. The molecule has 0 atom stereocenters. The van der Waals surface area contributed by atoms with Gasteiger partial charge in [-0.2, -0.15) is 0 Å². The molecule has 3 rings (SSSR count). The normalized spacial score (nSPS) is 10.8. The summed E-state index contributed by atoms with van der Waals surface area (Å²) in [6, 6.07) is 12.4. The maximum Gasteiger partial charge on any atom is 0.230 e. The summed E-state index contributed by atoms with van der Waals surface area (Å²) >= 11 is 5.97. The molecule has 1 heterocycles. The summed E-state index contributed by atoms with van der Waals surface area (Å²) in [5.74, 6) is -0.998. The SMILES string of the molecule is Fc1ccc(-n2c(Cl)nnc2-c2ccccc2)c(F)c1. The van der Waals surface area contributed by atoms with Crippen LogP contribution in [0.2, 0.25) is 5.28 Å². The molecule has 0 bridgehead atoms. The third kappa shape index (κ3) is 2.16. The lowest BCUT2D eigenvalue weighted by atomic mass is 10.2. The van der Waals surface area contributed by atoms with E-state index in [-0.39, 0.29) is 11.0 Å². The topological polar surface area (TPSA) is 30.7 Å². The minimum atomic E-state index is -0.733. The van der Waals surface area contributed by atoms with Crippen LogP contribution in [0.5, 0.6) is 0 Å². The molecule has 0 unspecified atom stereocenters. The van der Waals surface area contributed by atoms with Gasteiger partial charge in [-0.15, -0.1) is 10.2 Å². The smallest absolute Gasteiger partial charge is 0.230 e. The fourth-order valence-corrected chi connectivity index (χ4v) is 2.12. The van der Waals surface area contributed by atoms with E-state index in [2.05, 4.69) is 10.2 Å². The van der Waals surface area contributed by atoms with Crippen LogP contribution in [-0.2, 0) is 0 Å². The lowest BCUT2D eigenvalue weighted by Gasteiger charge is -2.09. The molecule has 1 aromatic heterocycles. The van der Waals surface area contributed by atoms with Crippen molar-refractivity contribution >= 4 is 11.6 Å². The van der Waals surface area contributed by atoms with E-state index in [1.54, 1.807) is 12.1 Å². The van der Waals surface area contributed by atoms with E-state index in [0.717, 1.165) is 17.7 Å². The maximum atomic E-state index is 13.9. The van der Waals surface area contributed by atoms with Crippen molar-refractivity contribution in [3.05, 3.63) is 65.4 Å². The van der Waals surface area contributed by atoms with E-state index in [0.29, 0.717) is 5.82 Å². The summed E-state index contributed by atoms with van der Waals surface area (Å²) in [7, 11) is 0. The Kier molecular flexibility index (Phi) is 3.20. The van der Waals surface area contributed by atoms with Gasteiger partial charge in [0.1, 0.15) is 11.6 Å². The van der Waals surface area contributed by atoms with Gasteiger partial charge in [-0.05, 0) is 23.7 Å². The van der Waals surface area contributed by atoms with Crippen molar-refractivity contribution in [2.24, 2.45) is 0 Å². The van der Waals surface area contributed by atoms with Crippen molar-refractivity contribution in [2.75, 3.05) is 0 Å². The third-order valence-electron chi connectivity index (χ3n) is 2.81. The fraction of sp³-hybridized carbons (Fsp3) is 0. The second-order valence-corrected chi connectivity index (χ2v) is 4.43. The number of rotatable bonds is 2. The molecule has 0 aliphatic heterocycles. The first-order valence-electron chi connectivity index (χ1n) is 5.78. The molecular weight excluding hydrogens is 284 g/mol. The average Bonchev–Trinajstić information content (AvgIpc) is 2.82. The molecule has 0 radical (unpaired) electrons. The summed E-state index contributed by atoms with van der Waals surface area (Å²) in [6.07, 6.45) is 0. The molecule has 0 aliphatic rings. The Morgan fingerprint density at radius 2 is 1.70 bits per heavy atom. The number of hydrogen-bond donors (Lipinski definition) is 0.